The number of carbonyl (C=O) groups is 1. The molecule has 5 rings (SSSR count). The molecule has 1 aliphatic heterocycles. The van der Waals surface area contributed by atoms with Crippen molar-refractivity contribution >= 4 is 26.7 Å². The Balaban J connectivity index is 1.50. The van der Waals surface area contributed by atoms with Gasteiger partial charge in [0.1, 0.15) is 17.1 Å². The number of rotatable bonds is 5. The number of hydrogen-bond acceptors (Lipinski definition) is 5. The van der Waals surface area contributed by atoms with Crippen LogP contribution in [0.25, 0.3) is 11.0 Å². The van der Waals surface area contributed by atoms with Gasteiger partial charge in [0.25, 0.3) is 5.91 Å². The van der Waals surface area contributed by atoms with Gasteiger partial charge in [-0.25, -0.2) is 8.42 Å². The fraction of sp³-hybridized carbons (Fsp3) is 0.480. The molecular formula is C25H29NO5S. The molecule has 3 unspecified atom stereocenters. The van der Waals surface area contributed by atoms with Gasteiger partial charge in [0.15, 0.2) is 15.6 Å². The molecule has 1 amide bonds. The predicted molar refractivity (Wildman–Crippen MR) is 123 cm³/mol. The van der Waals surface area contributed by atoms with Gasteiger partial charge in [-0.15, -0.1) is 0 Å². The summed E-state index contributed by atoms with van der Waals surface area (Å²) in [4.78, 5) is 15.4. The zero-order valence-electron chi connectivity index (χ0n) is 19.0. The number of fused-ring (bicyclic) bond motifs is 1. The molecule has 1 saturated heterocycles. The minimum absolute atomic E-state index is 0.0244. The van der Waals surface area contributed by atoms with E-state index in [-0.39, 0.29) is 29.7 Å². The molecule has 0 bridgehead atoms. The summed E-state index contributed by atoms with van der Waals surface area (Å²) in [5.74, 6) is 2.77. The van der Waals surface area contributed by atoms with Crippen molar-refractivity contribution < 1.29 is 22.0 Å². The normalized spacial score (nSPS) is 24.2. The van der Waals surface area contributed by atoms with Crippen LogP contribution in [-0.2, 0) is 16.4 Å². The van der Waals surface area contributed by atoms with Gasteiger partial charge in [0.2, 0.25) is 0 Å². The summed E-state index contributed by atoms with van der Waals surface area (Å²) in [6, 6.07) is 7.51. The van der Waals surface area contributed by atoms with Gasteiger partial charge in [0.05, 0.1) is 18.1 Å². The molecule has 3 aromatic rings. The molecule has 1 saturated carbocycles. The first-order valence-electron chi connectivity index (χ1n) is 11.2. The van der Waals surface area contributed by atoms with E-state index in [1.54, 1.807) is 4.90 Å². The Morgan fingerprint density at radius 3 is 2.56 bits per heavy atom. The third kappa shape index (κ3) is 3.76. The fourth-order valence-electron chi connectivity index (χ4n) is 5.08. The molecule has 1 aliphatic carbocycles. The summed E-state index contributed by atoms with van der Waals surface area (Å²) in [5, 5.41) is 0.945. The van der Waals surface area contributed by atoms with Crippen molar-refractivity contribution in [2.45, 2.75) is 59.0 Å². The maximum Gasteiger partial charge on any atom is 0.290 e. The predicted octanol–water partition coefficient (Wildman–Crippen LogP) is 4.90. The number of furan rings is 2. The van der Waals surface area contributed by atoms with E-state index in [2.05, 4.69) is 13.0 Å². The van der Waals surface area contributed by atoms with Crippen molar-refractivity contribution in [3.8, 4) is 0 Å². The average molecular weight is 456 g/mol. The molecule has 0 radical (unpaired) electrons. The lowest BCUT2D eigenvalue weighted by Gasteiger charge is -2.26. The Hall–Kier alpha value is -2.54. The number of benzene rings is 1. The molecule has 1 aromatic carbocycles. The molecule has 2 fully saturated rings. The third-order valence-electron chi connectivity index (χ3n) is 6.96. The minimum Gasteiger partial charge on any atom is -0.464 e. The molecule has 0 spiro atoms. The van der Waals surface area contributed by atoms with Crippen molar-refractivity contribution in [3.05, 3.63) is 58.2 Å². The van der Waals surface area contributed by atoms with Crippen LogP contribution in [0.15, 0.2) is 33.1 Å². The summed E-state index contributed by atoms with van der Waals surface area (Å²) in [6.07, 6.45) is 1.55. The number of amides is 1. The van der Waals surface area contributed by atoms with E-state index in [0.29, 0.717) is 29.6 Å². The van der Waals surface area contributed by atoms with Gasteiger partial charge >= 0.3 is 0 Å². The van der Waals surface area contributed by atoms with E-state index in [1.807, 2.05) is 39.0 Å². The second kappa shape index (κ2) is 7.51. The average Bonchev–Trinajstić information content (AvgIpc) is 3.05. The lowest BCUT2D eigenvalue weighted by atomic mass is 10.0. The van der Waals surface area contributed by atoms with Crippen molar-refractivity contribution in [2.24, 2.45) is 5.92 Å². The lowest BCUT2D eigenvalue weighted by molar-refractivity contribution is 0.0634. The van der Waals surface area contributed by atoms with Crippen LogP contribution >= 0.6 is 0 Å². The summed E-state index contributed by atoms with van der Waals surface area (Å²) in [5.41, 5.74) is 3.61. The molecule has 7 heteroatoms. The van der Waals surface area contributed by atoms with Crippen molar-refractivity contribution in [1.82, 2.24) is 4.90 Å². The van der Waals surface area contributed by atoms with Crippen LogP contribution in [0.1, 0.15) is 64.4 Å². The molecule has 2 aromatic heterocycles. The van der Waals surface area contributed by atoms with Gasteiger partial charge in [-0.05, 0) is 68.9 Å². The topological polar surface area (TPSA) is 80.7 Å². The molecule has 3 atom stereocenters. The highest BCUT2D eigenvalue weighted by atomic mass is 32.2. The molecule has 3 heterocycles. The number of carbonyl (C=O) groups excluding carboxylic acids is 1. The SMILES string of the molecule is Cc1cc(C)c2c(C)c(C(=O)N(Cc3ccc(C4CC4C)o3)C3CCS(=O)(=O)C3)oc2c1. The Morgan fingerprint density at radius 1 is 1.16 bits per heavy atom. The van der Waals surface area contributed by atoms with Crippen LogP contribution in [0, 0.1) is 26.7 Å². The van der Waals surface area contributed by atoms with E-state index in [0.717, 1.165) is 34.3 Å². The number of aryl methyl sites for hydroxylation is 3. The quantitative estimate of drug-likeness (QED) is 0.546. The van der Waals surface area contributed by atoms with Crippen LogP contribution in [0.5, 0.6) is 0 Å². The highest BCUT2D eigenvalue weighted by Gasteiger charge is 2.39. The fourth-order valence-corrected chi connectivity index (χ4v) is 6.81. The van der Waals surface area contributed by atoms with Crippen molar-refractivity contribution in [3.63, 3.8) is 0 Å². The second-order valence-electron chi connectivity index (χ2n) is 9.62. The largest absolute Gasteiger partial charge is 0.464 e. The van der Waals surface area contributed by atoms with E-state index in [4.69, 9.17) is 8.83 Å². The first-order chi connectivity index (χ1) is 15.1. The molecule has 32 heavy (non-hydrogen) atoms. The maximum atomic E-state index is 13.7. The summed E-state index contributed by atoms with van der Waals surface area (Å²) >= 11 is 0. The van der Waals surface area contributed by atoms with Crippen LogP contribution in [0.3, 0.4) is 0 Å². The van der Waals surface area contributed by atoms with E-state index < -0.39 is 15.9 Å². The Bertz CT molecular complexity index is 1320. The zero-order valence-corrected chi connectivity index (χ0v) is 19.8. The summed E-state index contributed by atoms with van der Waals surface area (Å²) < 4.78 is 36.5. The van der Waals surface area contributed by atoms with Crippen LogP contribution < -0.4 is 0 Å². The first-order valence-corrected chi connectivity index (χ1v) is 13.1. The molecule has 170 valence electrons. The van der Waals surface area contributed by atoms with Gasteiger partial charge in [-0.1, -0.05) is 13.0 Å². The number of hydrogen-bond donors (Lipinski definition) is 0. The minimum atomic E-state index is -3.16. The summed E-state index contributed by atoms with van der Waals surface area (Å²) in [7, 11) is -3.16. The zero-order chi connectivity index (χ0) is 22.8. The van der Waals surface area contributed by atoms with Gasteiger partial charge in [-0.2, -0.15) is 0 Å². The number of sulfone groups is 1. The molecule has 6 nitrogen and oxygen atoms in total. The smallest absolute Gasteiger partial charge is 0.290 e. The Labute approximate surface area is 188 Å². The molecular weight excluding hydrogens is 426 g/mol. The third-order valence-corrected chi connectivity index (χ3v) is 8.71. The Kier molecular flexibility index (Phi) is 5.00. The maximum absolute atomic E-state index is 13.7. The highest BCUT2D eigenvalue weighted by molar-refractivity contribution is 7.91. The van der Waals surface area contributed by atoms with Crippen LogP contribution in [-0.4, -0.2) is 36.8 Å². The first kappa shape index (κ1) is 21.3. The van der Waals surface area contributed by atoms with Gasteiger partial charge in [0, 0.05) is 22.9 Å². The van der Waals surface area contributed by atoms with E-state index in [9.17, 15) is 13.2 Å². The van der Waals surface area contributed by atoms with Crippen LogP contribution in [0.2, 0.25) is 0 Å². The van der Waals surface area contributed by atoms with E-state index in [1.165, 1.54) is 0 Å². The van der Waals surface area contributed by atoms with E-state index >= 15 is 0 Å². The van der Waals surface area contributed by atoms with Gasteiger partial charge < -0.3 is 13.7 Å². The Morgan fingerprint density at radius 2 is 1.91 bits per heavy atom. The lowest BCUT2D eigenvalue weighted by Crippen LogP contribution is -2.40. The van der Waals surface area contributed by atoms with Gasteiger partial charge in [-0.3, -0.25) is 4.79 Å². The standard InChI is InChI=1S/C25H29NO5S/c1-14-9-16(3)23-17(4)24(31-22(23)10-14)25(27)26(18-7-8-32(28,29)13-18)12-19-5-6-21(30-19)20-11-15(20)2/h5-6,9-10,15,18,20H,7-8,11-13H2,1-4H3. The highest BCUT2D eigenvalue weighted by Crippen LogP contribution is 2.47. The molecule has 2 aliphatic rings. The van der Waals surface area contributed by atoms with Crippen molar-refractivity contribution in [1.29, 1.82) is 0 Å². The summed E-state index contributed by atoms with van der Waals surface area (Å²) in [6.45, 7) is 8.33. The van der Waals surface area contributed by atoms with Crippen LogP contribution in [0.4, 0.5) is 0 Å². The molecule has 0 N–H and O–H groups in total. The monoisotopic (exact) mass is 455 g/mol. The number of nitrogens with zero attached hydrogens (tertiary/aromatic N) is 1. The second-order valence-corrected chi connectivity index (χ2v) is 11.9. The van der Waals surface area contributed by atoms with Crippen molar-refractivity contribution in [2.75, 3.05) is 11.5 Å².